The van der Waals surface area contributed by atoms with Gasteiger partial charge >= 0.3 is 0 Å². The van der Waals surface area contributed by atoms with E-state index in [9.17, 15) is 4.79 Å². The highest BCUT2D eigenvalue weighted by molar-refractivity contribution is 5.93. The molecule has 0 aliphatic carbocycles. The second kappa shape index (κ2) is 7.05. The first-order valence-electron chi connectivity index (χ1n) is 7.81. The first-order valence-corrected chi connectivity index (χ1v) is 7.81. The highest BCUT2D eigenvalue weighted by Crippen LogP contribution is 2.22. The minimum Gasteiger partial charge on any atom is -0.330 e. The summed E-state index contributed by atoms with van der Waals surface area (Å²) >= 11 is 0. The lowest BCUT2D eigenvalue weighted by molar-refractivity contribution is -0.118. The van der Waals surface area contributed by atoms with Crippen LogP contribution in [0.1, 0.15) is 30.9 Å². The summed E-state index contributed by atoms with van der Waals surface area (Å²) in [4.78, 5) is 14.6. The number of anilines is 1. The number of likely N-dealkylation sites (tertiary alicyclic amines) is 1. The summed E-state index contributed by atoms with van der Waals surface area (Å²) in [7, 11) is 0. The van der Waals surface area contributed by atoms with Crippen molar-refractivity contribution in [3.63, 3.8) is 0 Å². The van der Waals surface area contributed by atoms with Gasteiger partial charge in [0.25, 0.3) is 0 Å². The predicted octanol–water partition coefficient (Wildman–Crippen LogP) is 2.30. The zero-order valence-electron chi connectivity index (χ0n) is 13.4. The van der Waals surface area contributed by atoms with Gasteiger partial charge < -0.3 is 11.1 Å². The average Bonchev–Trinajstić information content (AvgIpc) is 2.46. The monoisotopic (exact) mass is 289 g/mol. The van der Waals surface area contributed by atoms with E-state index >= 15 is 0 Å². The van der Waals surface area contributed by atoms with E-state index in [1.807, 2.05) is 19.1 Å². The van der Waals surface area contributed by atoms with Crippen molar-refractivity contribution in [3.8, 4) is 0 Å². The minimum absolute atomic E-state index is 0.0632. The number of rotatable bonds is 4. The number of nitrogens with zero attached hydrogens (tertiary/aromatic N) is 1. The molecule has 1 aromatic rings. The van der Waals surface area contributed by atoms with Crippen LogP contribution in [0.25, 0.3) is 0 Å². The number of nitrogens with one attached hydrogen (secondary N) is 1. The fraction of sp³-hybridized carbons (Fsp3) is 0.588. The molecule has 4 heteroatoms. The van der Waals surface area contributed by atoms with Crippen LogP contribution < -0.4 is 11.1 Å². The van der Waals surface area contributed by atoms with Gasteiger partial charge in [0.05, 0.1) is 6.54 Å². The summed E-state index contributed by atoms with van der Waals surface area (Å²) in [5, 5.41) is 3.04. The van der Waals surface area contributed by atoms with Crippen LogP contribution in [-0.2, 0) is 4.79 Å². The van der Waals surface area contributed by atoms with Crippen molar-refractivity contribution in [2.45, 2.75) is 39.7 Å². The third-order valence-corrected chi connectivity index (χ3v) is 4.67. The molecule has 1 aliphatic heterocycles. The Bertz CT molecular complexity index is 501. The number of hydrogen-bond acceptors (Lipinski definition) is 3. The lowest BCUT2D eigenvalue weighted by Gasteiger charge is -2.37. The maximum Gasteiger partial charge on any atom is 0.238 e. The minimum atomic E-state index is 0.0632. The van der Waals surface area contributed by atoms with Crippen molar-refractivity contribution < 1.29 is 4.79 Å². The lowest BCUT2D eigenvalue weighted by atomic mass is 9.93. The topological polar surface area (TPSA) is 58.4 Å². The van der Waals surface area contributed by atoms with Gasteiger partial charge in [0.1, 0.15) is 0 Å². The molecule has 116 valence electrons. The molecule has 1 aromatic carbocycles. The van der Waals surface area contributed by atoms with E-state index < -0.39 is 0 Å². The van der Waals surface area contributed by atoms with Crippen molar-refractivity contribution in [1.29, 1.82) is 0 Å². The Morgan fingerprint density at radius 2 is 2.14 bits per heavy atom. The summed E-state index contributed by atoms with van der Waals surface area (Å²) in [5.74, 6) is 0.586. The van der Waals surface area contributed by atoms with E-state index in [2.05, 4.69) is 30.1 Å². The van der Waals surface area contributed by atoms with Crippen LogP contribution in [0.3, 0.4) is 0 Å². The molecule has 2 rings (SSSR count). The Balaban J connectivity index is 1.96. The lowest BCUT2D eigenvalue weighted by Crippen LogP contribution is -2.47. The van der Waals surface area contributed by atoms with E-state index in [0.717, 1.165) is 24.2 Å². The molecule has 0 bridgehead atoms. The largest absolute Gasteiger partial charge is 0.330 e. The molecule has 1 amide bonds. The first kappa shape index (κ1) is 16.0. The molecule has 0 saturated carbocycles. The molecule has 0 aromatic heterocycles. The molecule has 0 radical (unpaired) electrons. The first-order chi connectivity index (χ1) is 10.0. The maximum atomic E-state index is 12.3. The average molecular weight is 289 g/mol. The normalized spacial score (nSPS) is 23.0. The van der Waals surface area contributed by atoms with Gasteiger partial charge in [0, 0.05) is 18.3 Å². The van der Waals surface area contributed by atoms with Crippen LogP contribution in [-0.4, -0.2) is 36.5 Å². The van der Waals surface area contributed by atoms with Gasteiger partial charge in [0.2, 0.25) is 5.91 Å². The second-order valence-corrected chi connectivity index (χ2v) is 6.25. The zero-order chi connectivity index (χ0) is 15.4. The Labute approximate surface area is 127 Å². The number of hydrogen-bond donors (Lipinski definition) is 2. The standard InChI is InChI=1S/C17H27N3O/c1-12-5-4-6-16(14(12)3)19-17(21)11-20-10-15(9-18)8-7-13(20)2/h4-6,13,15H,7-11,18H2,1-3H3,(H,19,21). The highest BCUT2D eigenvalue weighted by Gasteiger charge is 2.26. The molecule has 4 nitrogen and oxygen atoms in total. The Morgan fingerprint density at radius 1 is 1.38 bits per heavy atom. The SMILES string of the molecule is Cc1cccc(NC(=O)CN2CC(CN)CCC2C)c1C. The van der Waals surface area contributed by atoms with Crippen LogP contribution >= 0.6 is 0 Å². The molecule has 1 saturated heterocycles. The molecular weight excluding hydrogens is 262 g/mol. The molecule has 2 unspecified atom stereocenters. The molecule has 2 atom stereocenters. The number of aryl methyl sites for hydroxylation is 1. The van der Waals surface area contributed by atoms with Crippen molar-refractivity contribution in [1.82, 2.24) is 4.90 Å². The van der Waals surface area contributed by atoms with Crippen molar-refractivity contribution in [2.24, 2.45) is 11.7 Å². The fourth-order valence-corrected chi connectivity index (χ4v) is 2.94. The molecule has 1 heterocycles. The summed E-state index contributed by atoms with van der Waals surface area (Å²) in [5.41, 5.74) is 9.02. The van der Waals surface area contributed by atoms with Gasteiger partial charge in [-0.05, 0) is 63.3 Å². The number of benzene rings is 1. The Hall–Kier alpha value is -1.39. The summed E-state index contributed by atoms with van der Waals surface area (Å²) in [6.45, 7) is 8.38. The van der Waals surface area contributed by atoms with Crippen LogP contribution in [0.5, 0.6) is 0 Å². The number of carbonyl (C=O) groups excluding carboxylic acids is 1. The molecule has 0 spiro atoms. The van der Waals surface area contributed by atoms with E-state index in [4.69, 9.17) is 5.73 Å². The fourth-order valence-electron chi connectivity index (χ4n) is 2.94. The van der Waals surface area contributed by atoms with Gasteiger partial charge in [0.15, 0.2) is 0 Å². The molecule has 1 aliphatic rings. The maximum absolute atomic E-state index is 12.3. The van der Waals surface area contributed by atoms with Gasteiger partial charge in [-0.15, -0.1) is 0 Å². The van der Waals surface area contributed by atoms with Crippen LogP contribution in [0.4, 0.5) is 5.69 Å². The number of amides is 1. The molecular formula is C17H27N3O. The number of carbonyl (C=O) groups is 1. The van der Waals surface area contributed by atoms with Crippen molar-refractivity contribution in [3.05, 3.63) is 29.3 Å². The van der Waals surface area contributed by atoms with E-state index in [1.54, 1.807) is 0 Å². The highest BCUT2D eigenvalue weighted by atomic mass is 16.2. The molecule has 1 fully saturated rings. The van der Waals surface area contributed by atoms with Gasteiger partial charge in [-0.1, -0.05) is 12.1 Å². The predicted molar refractivity (Wildman–Crippen MR) is 87.4 cm³/mol. The summed E-state index contributed by atoms with van der Waals surface area (Å²) in [6, 6.07) is 6.45. The number of nitrogens with two attached hydrogens (primary N) is 1. The molecule has 3 N–H and O–H groups in total. The quantitative estimate of drug-likeness (QED) is 0.894. The van der Waals surface area contributed by atoms with Gasteiger partial charge in [-0.25, -0.2) is 0 Å². The Kier molecular flexibility index (Phi) is 5.37. The Morgan fingerprint density at radius 3 is 2.86 bits per heavy atom. The van der Waals surface area contributed by atoms with Crippen LogP contribution in [0.15, 0.2) is 18.2 Å². The van der Waals surface area contributed by atoms with E-state index in [0.29, 0.717) is 25.0 Å². The zero-order valence-corrected chi connectivity index (χ0v) is 13.4. The van der Waals surface area contributed by atoms with Gasteiger partial charge in [-0.2, -0.15) is 0 Å². The van der Waals surface area contributed by atoms with Crippen molar-refractivity contribution in [2.75, 3.05) is 25.0 Å². The number of piperidine rings is 1. The van der Waals surface area contributed by atoms with Crippen molar-refractivity contribution >= 4 is 11.6 Å². The van der Waals surface area contributed by atoms with E-state index in [1.165, 1.54) is 12.0 Å². The third kappa shape index (κ3) is 4.05. The summed E-state index contributed by atoms with van der Waals surface area (Å²) < 4.78 is 0. The smallest absolute Gasteiger partial charge is 0.238 e. The summed E-state index contributed by atoms with van der Waals surface area (Å²) in [6.07, 6.45) is 2.30. The van der Waals surface area contributed by atoms with Crippen LogP contribution in [0.2, 0.25) is 0 Å². The van der Waals surface area contributed by atoms with Gasteiger partial charge in [-0.3, -0.25) is 9.69 Å². The molecule has 21 heavy (non-hydrogen) atoms. The third-order valence-electron chi connectivity index (χ3n) is 4.67. The van der Waals surface area contributed by atoms with E-state index in [-0.39, 0.29) is 5.91 Å². The van der Waals surface area contributed by atoms with Crippen LogP contribution in [0, 0.1) is 19.8 Å². The second-order valence-electron chi connectivity index (χ2n) is 6.25.